The average Bonchev–Trinajstić information content (AvgIpc) is 3.16. The van der Waals surface area contributed by atoms with E-state index in [0.29, 0.717) is 30.4 Å². The zero-order valence-corrected chi connectivity index (χ0v) is 17.3. The Bertz CT molecular complexity index is 821. The fraction of sp³-hybridized carbons (Fsp3) is 0.591. The topological polar surface area (TPSA) is 97.0 Å². The molecule has 3 aliphatic rings. The first-order valence-electron chi connectivity index (χ1n) is 10.8. The molecule has 0 radical (unpaired) electrons. The van der Waals surface area contributed by atoms with Gasteiger partial charge in [-0.05, 0) is 31.9 Å². The molecule has 0 unspecified atom stereocenters. The largest absolute Gasteiger partial charge is 0.486 e. The minimum Gasteiger partial charge on any atom is -0.486 e. The van der Waals surface area contributed by atoms with Crippen LogP contribution in [-0.4, -0.2) is 49.6 Å². The minimum atomic E-state index is -0.627. The van der Waals surface area contributed by atoms with E-state index >= 15 is 0 Å². The lowest BCUT2D eigenvalue weighted by Crippen LogP contribution is -2.50. The van der Waals surface area contributed by atoms with E-state index in [4.69, 9.17) is 9.47 Å². The molecule has 162 valence electrons. The molecular formula is C22H29N3O5. The fourth-order valence-electron chi connectivity index (χ4n) is 4.30. The van der Waals surface area contributed by atoms with Crippen molar-refractivity contribution in [1.82, 2.24) is 10.6 Å². The Labute approximate surface area is 176 Å². The number of nitrogens with zero attached hydrogens (tertiary/aromatic N) is 1. The lowest BCUT2D eigenvalue weighted by atomic mass is 9.95. The van der Waals surface area contributed by atoms with Gasteiger partial charge in [-0.2, -0.15) is 0 Å². The molecule has 0 spiro atoms. The zero-order chi connectivity index (χ0) is 21.1. The summed E-state index contributed by atoms with van der Waals surface area (Å²) >= 11 is 0. The third-order valence-electron chi connectivity index (χ3n) is 6.04. The fourth-order valence-corrected chi connectivity index (χ4v) is 4.30. The minimum absolute atomic E-state index is 0.119. The van der Waals surface area contributed by atoms with Crippen LogP contribution < -0.4 is 25.0 Å². The maximum atomic E-state index is 12.7. The summed E-state index contributed by atoms with van der Waals surface area (Å²) < 4.78 is 11.1. The highest BCUT2D eigenvalue weighted by molar-refractivity contribution is 6.01. The van der Waals surface area contributed by atoms with Gasteiger partial charge in [0, 0.05) is 30.8 Å². The number of hydrogen-bond donors (Lipinski definition) is 2. The van der Waals surface area contributed by atoms with Gasteiger partial charge in [0.15, 0.2) is 11.5 Å². The van der Waals surface area contributed by atoms with E-state index in [9.17, 15) is 14.4 Å². The molecule has 30 heavy (non-hydrogen) atoms. The summed E-state index contributed by atoms with van der Waals surface area (Å²) in [5.74, 6) is 0.218. The number of anilines is 1. The second-order valence-electron chi connectivity index (χ2n) is 8.31. The molecule has 4 rings (SSSR count). The molecule has 1 saturated carbocycles. The number of ether oxygens (including phenoxy) is 2. The first-order chi connectivity index (χ1) is 14.5. The number of benzene rings is 1. The first-order valence-corrected chi connectivity index (χ1v) is 10.8. The van der Waals surface area contributed by atoms with Gasteiger partial charge in [0.25, 0.3) is 0 Å². The number of hydrogen-bond acceptors (Lipinski definition) is 5. The standard InChI is InChI=1S/C22H29N3O5/c1-14(21(27)24-16-5-3-2-4-6-16)23-22(28)15-11-20(26)25(13-15)17-7-8-18-19(12-17)30-10-9-29-18/h7-8,12,14-16H,2-6,9-11,13H2,1H3,(H,23,28)(H,24,27)/t14-,15-/m0/s1. The molecule has 2 N–H and O–H groups in total. The molecule has 0 aromatic heterocycles. The van der Waals surface area contributed by atoms with E-state index in [1.807, 2.05) is 0 Å². The van der Waals surface area contributed by atoms with Gasteiger partial charge in [-0.15, -0.1) is 0 Å². The third-order valence-corrected chi connectivity index (χ3v) is 6.04. The monoisotopic (exact) mass is 415 g/mol. The summed E-state index contributed by atoms with van der Waals surface area (Å²) in [5, 5.41) is 5.81. The number of fused-ring (bicyclic) bond motifs is 1. The number of nitrogens with one attached hydrogen (secondary N) is 2. The molecule has 2 aliphatic heterocycles. The Balaban J connectivity index is 1.33. The maximum absolute atomic E-state index is 12.7. The predicted octanol–water partition coefficient (Wildman–Crippen LogP) is 1.76. The average molecular weight is 415 g/mol. The van der Waals surface area contributed by atoms with Gasteiger partial charge in [-0.25, -0.2) is 0 Å². The number of rotatable bonds is 5. The van der Waals surface area contributed by atoms with Crippen molar-refractivity contribution in [2.24, 2.45) is 5.92 Å². The maximum Gasteiger partial charge on any atom is 0.242 e. The normalized spacial score (nSPS) is 22.5. The van der Waals surface area contributed by atoms with Crippen LogP contribution in [0.1, 0.15) is 45.4 Å². The molecule has 0 bridgehead atoms. The van der Waals surface area contributed by atoms with Gasteiger partial charge in [0.1, 0.15) is 19.3 Å². The Hall–Kier alpha value is -2.77. The summed E-state index contributed by atoms with van der Waals surface area (Å²) in [4.78, 5) is 39.2. The van der Waals surface area contributed by atoms with Crippen LogP contribution in [0.15, 0.2) is 18.2 Å². The Morgan fingerprint density at radius 1 is 1.10 bits per heavy atom. The van der Waals surface area contributed by atoms with Gasteiger partial charge < -0.3 is 25.0 Å². The van der Waals surface area contributed by atoms with Crippen molar-refractivity contribution in [2.45, 2.75) is 57.5 Å². The van der Waals surface area contributed by atoms with E-state index in [1.54, 1.807) is 30.0 Å². The van der Waals surface area contributed by atoms with Crippen LogP contribution in [0, 0.1) is 5.92 Å². The molecule has 2 heterocycles. The molecule has 8 nitrogen and oxygen atoms in total. The smallest absolute Gasteiger partial charge is 0.242 e. The highest BCUT2D eigenvalue weighted by Crippen LogP contribution is 2.36. The highest BCUT2D eigenvalue weighted by atomic mass is 16.6. The molecule has 3 amide bonds. The first kappa shape index (κ1) is 20.5. The van der Waals surface area contributed by atoms with Crippen LogP contribution in [0.4, 0.5) is 5.69 Å². The van der Waals surface area contributed by atoms with Gasteiger partial charge in [0.2, 0.25) is 17.7 Å². The quantitative estimate of drug-likeness (QED) is 0.764. The van der Waals surface area contributed by atoms with Gasteiger partial charge >= 0.3 is 0 Å². The van der Waals surface area contributed by atoms with Crippen LogP contribution in [0.25, 0.3) is 0 Å². The van der Waals surface area contributed by atoms with Crippen LogP contribution in [-0.2, 0) is 14.4 Å². The molecular weight excluding hydrogens is 386 g/mol. The Morgan fingerprint density at radius 3 is 2.60 bits per heavy atom. The van der Waals surface area contributed by atoms with Crippen LogP contribution >= 0.6 is 0 Å². The lowest BCUT2D eigenvalue weighted by molar-refractivity contribution is -0.131. The SMILES string of the molecule is C[C@H](NC(=O)[C@H]1CC(=O)N(c2ccc3c(c2)OCCO3)C1)C(=O)NC1CCCCC1. The molecule has 2 fully saturated rings. The summed E-state index contributed by atoms with van der Waals surface area (Å²) in [7, 11) is 0. The van der Waals surface area contributed by atoms with Crippen molar-refractivity contribution in [3.8, 4) is 11.5 Å². The molecule has 1 aromatic rings. The van der Waals surface area contributed by atoms with Crippen molar-refractivity contribution in [2.75, 3.05) is 24.7 Å². The van der Waals surface area contributed by atoms with Crippen molar-refractivity contribution in [1.29, 1.82) is 0 Å². The van der Waals surface area contributed by atoms with Crippen molar-refractivity contribution in [3.63, 3.8) is 0 Å². The lowest BCUT2D eigenvalue weighted by Gasteiger charge is -2.25. The van der Waals surface area contributed by atoms with Gasteiger partial charge in [0.05, 0.1) is 5.92 Å². The summed E-state index contributed by atoms with van der Waals surface area (Å²) in [5.41, 5.74) is 0.683. The summed E-state index contributed by atoms with van der Waals surface area (Å²) in [6, 6.07) is 4.92. The Kier molecular flexibility index (Phi) is 6.11. The van der Waals surface area contributed by atoms with E-state index in [0.717, 1.165) is 25.7 Å². The van der Waals surface area contributed by atoms with E-state index in [-0.39, 0.29) is 36.7 Å². The van der Waals surface area contributed by atoms with Crippen LogP contribution in [0.5, 0.6) is 11.5 Å². The summed E-state index contributed by atoms with van der Waals surface area (Å²) in [6.45, 7) is 2.94. The third kappa shape index (κ3) is 4.52. The highest BCUT2D eigenvalue weighted by Gasteiger charge is 2.36. The molecule has 8 heteroatoms. The molecule has 1 saturated heterocycles. The molecule has 2 atom stereocenters. The van der Waals surface area contributed by atoms with Crippen LogP contribution in [0.2, 0.25) is 0 Å². The van der Waals surface area contributed by atoms with E-state index < -0.39 is 12.0 Å². The predicted molar refractivity (Wildman–Crippen MR) is 111 cm³/mol. The second kappa shape index (κ2) is 8.93. The molecule has 1 aromatic carbocycles. The molecule has 1 aliphatic carbocycles. The van der Waals surface area contributed by atoms with Crippen molar-refractivity contribution < 1.29 is 23.9 Å². The Morgan fingerprint density at radius 2 is 1.83 bits per heavy atom. The summed E-state index contributed by atoms with van der Waals surface area (Å²) in [6.07, 6.45) is 5.59. The van der Waals surface area contributed by atoms with Crippen molar-refractivity contribution in [3.05, 3.63) is 18.2 Å². The van der Waals surface area contributed by atoms with Crippen LogP contribution in [0.3, 0.4) is 0 Å². The second-order valence-corrected chi connectivity index (χ2v) is 8.31. The van der Waals surface area contributed by atoms with Gasteiger partial charge in [-0.3, -0.25) is 14.4 Å². The zero-order valence-electron chi connectivity index (χ0n) is 17.3. The number of amides is 3. The van der Waals surface area contributed by atoms with E-state index in [1.165, 1.54) is 6.42 Å². The number of carbonyl (C=O) groups excluding carboxylic acids is 3. The number of carbonyl (C=O) groups is 3. The van der Waals surface area contributed by atoms with Crippen molar-refractivity contribution >= 4 is 23.4 Å². The van der Waals surface area contributed by atoms with E-state index in [2.05, 4.69) is 10.6 Å². The van der Waals surface area contributed by atoms with Gasteiger partial charge in [-0.1, -0.05) is 19.3 Å².